The van der Waals surface area contributed by atoms with Gasteiger partial charge in [-0.25, -0.2) is 4.98 Å². The van der Waals surface area contributed by atoms with E-state index in [2.05, 4.69) is 40.7 Å². The zero-order valence-electron chi connectivity index (χ0n) is 15.6. The number of ether oxygens (including phenoxy) is 1. The Morgan fingerprint density at radius 1 is 1.00 bits per heavy atom. The van der Waals surface area contributed by atoms with E-state index in [1.165, 1.54) is 0 Å². The van der Waals surface area contributed by atoms with Crippen LogP contribution in [-0.4, -0.2) is 33.9 Å². The highest BCUT2D eigenvalue weighted by atomic mass is 16.5. The fourth-order valence-corrected chi connectivity index (χ4v) is 3.69. The van der Waals surface area contributed by atoms with Crippen LogP contribution in [0.2, 0.25) is 0 Å². The number of hydrogen-bond donors (Lipinski definition) is 1. The van der Waals surface area contributed by atoms with Crippen molar-refractivity contribution in [1.82, 2.24) is 14.6 Å². The average Bonchev–Trinajstić information content (AvgIpc) is 3.43. The number of nitrogens with zero attached hydrogens (tertiary/aromatic N) is 3. The van der Waals surface area contributed by atoms with Gasteiger partial charge in [-0.1, -0.05) is 60.7 Å². The van der Waals surface area contributed by atoms with Gasteiger partial charge >= 0.3 is 0 Å². The van der Waals surface area contributed by atoms with Gasteiger partial charge in [0.2, 0.25) is 0 Å². The van der Waals surface area contributed by atoms with Gasteiger partial charge in [-0.2, -0.15) is 9.61 Å². The largest absolute Gasteiger partial charge is 0.376 e. The van der Waals surface area contributed by atoms with Gasteiger partial charge in [-0.3, -0.25) is 0 Å². The molecule has 1 aliphatic heterocycles. The summed E-state index contributed by atoms with van der Waals surface area (Å²) in [5.41, 5.74) is 5.01. The summed E-state index contributed by atoms with van der Waals surface area (Å²) in [6.07, 6.45) is 4.38. The third kappa shape index (κ3) is 3.25. The van der Waals surface area contributed by atoms with Crippen molar-refractivity contribution in [3.63, 3.8) is 0 Å². The van der Waals surface area contributed by atoms with E-state index in [0.29, 0.717) is 0 Å². The van der Waals surface area contributed by atoms with Crippen molar-refractivity contribution in [2.75, 3.05) is 18.5 Å². The Balaban J connectivity index is 1.61. The Morgan fingerprint density at radius 3 is 2.46 bits per heavy atom. The molecule has 0 saturated carbocycles. The molecule has 0 bridgehead atoms. The van der Waals surface area contributed by atoms with Crippen molar-refractivity contribution in [3.05, 3.63) is 72.9 Å². The number of anilines is 1. The molecule has 2 aromatic carbocycles. The zero-order chi connectivity index (χ0) is 18.8. The van der Waals surface area contributed by atoms with Gasteiger partial charge < -0.3 is 10.1 Å². The van der Waals surface area contributed by atoms with Gasteiger partial charge in [-0.15, -0.1) is 0 Å². The Hall–Kier alpha value is -3.18. The minimum Gasteiger partial charge on any atom is -0.376 e. The highest BCUT2D eigenvalue weighted by Crippen LogP contribution is 2.29. The fourth-order valence-electron chi connectivity index (χ4n) is 3.69. The number of nitrogens with one attached hydrogen (secondary N) is 1. The summed E-state index contributed by atoms with van der Waals surface area (Å²) in [4.78, 5) is 4.95. The first kappa shape index (κ1) is 17.0. The number of aromatic nitrogens is 3. The van der Waals surface area contributed by atoms with Crippen molar-refractivity contribution in [2.24, 2.45) is 0 Å². The lowest BCUT2D eigenvalue weighted by molar-refractivity contribution is 0.120. The molecule has 2 aromatic heterocycles. The zero-order valence-corrected chi connectivity index (χ0v) is 15.6. The highest BCUT2D eigenvalue weighted by molar-refractivity contribution is 5.80. The number of fused-ring (bicyclic) bond motifs is 1. The molecule has 5 rings (SSSR count). The number of benzene rings is 2. The van der Waals surface area contributed by atoms with Crippen LogP contribution < -0.4 is 5.32 Å². The summed E-state index contributed by atoms with van der Waals surface area (Å²) in [7, 11) is 0. The second-order valence-corrected chi connectivity index (χ2v) is 7.07. The molecular formula is C23H22N4O. The summed E-state index contributed by atoms with van der Waals surface area (Å²) in [6, 6.07) is 22.6. The van der Waals surface area contributed by atoms with Crippen molar-refractivity contribution in [1.29, 1.82) is 0 Å². The monoisotopic (exact) mass is 370 g/mol. The van der Waals surface area contributed by atoms with E-state index >= 15 is 0 Å². The highest BCUT2D eigenvalue weighted by Gasteiger charge is 2.18. The third-order valence-electron chi connectivity index (χ3n) is 5.16. The summed E-state index contributed by atoms with van der Waals surface area (Å²) in [5, 5.41) is 8.17. The Kier molecular flexibility index (Phi) is 4.51. The molecule has 5 nitrogen and oxygen atoms in total. The van der Waals surface area contributed by atoms with E-state index in [1.54, 1.807) is 0 Å². The lowest BCUT2D eigenvalue weighted by Gasteiger charge is -2.14. The topological polar surface area (TPSA) is 51.5 Å². The molecule has 1 fully saturated rings. The molecule has 5 heteroatoms. The summed E-state index contributed by atoms with van der Waals surface area (Å²) in [5.74, 6) is 0.932. The van der Waals surface area contributed by atoms with Crippen molar-refractivity contribution >= 4 is 11.5 Å². The predicted molar refractivity (Wildman–Crippen MR) is 111 cm³/mol. The molecular weight excluding hydrogens is 348 g/mol. The molecule has 3 heterocycles. The van der Waals surface area contributed by atoms with Crippen LogP contribution in [0.5, 0.6) is 0 Å². The number of hydrogen-bond acceptors (Lipinski definition) is 4. The Bertz CT molecular complexity index is 1070. The second-order valence-electron chi connectivity index (χ2n) is 7.07. The molecule has 28 heavy (non-hydrogen) atoms. The molecule has 140 valence electrons. The average molecular weight is 370 g/mol. The van der Waals surface area contributed by atoms with Gasteiger partial charge in [0, 0.05) is 30.3 Å². The van der Waals surface area contributed by atoms with Crippen LogP contribution in [0.3, 0.4) is 0 Å². The molecule has 0 amide bonds. The quantitative estimate of drug-likeness (QED) is 0.555. The van der Waals surface area contributed by atoms with E-state index in [-0.39, 0.29) is 6.10 Å². The molecule has 1 atom stereocenters. The van der Waals surface area contributed by atoms with Gasteiger partial charge in [0.15, 0.2) is 5.65 Å². The molecule has 0 spiro atoms. The molecule has 1 saturated heterocycles. The molecule has 0 aliphatic carbocycles. The molecule has 0 radical (unpaired) electrons. The molecule has 1 unspecified atom stereocenters. The maximum absolute atomic E-state index is 5.77. The number of rotatable bonds is 5. The first-order valence-corrected chi connectivity index (χ1v) is 9.73. The fraction of sp³-hybridized carbons (Fsp3) is 0.217. The van der Waals surface area contributed by atoms with Gasteiger partial charge in [0.25, 0.3) is 0 Å². The van der Waals surface area contributed by atoms with Crippen molar-refractivity contribution < 1.29 is 4.74 Å². The molecule has 4 aromatic rings. The maximum Gasteiger partial charge on any atom is 0.165 e. The molecule has 1 N–H and O–H groups in total. The van der Waals surface area contributed by atoms with E-state index in [1.807, 2.05) is 47.1 Å². The van der Waals surface area contributed by atoms with E-state index in [9.17, 15) is 0 Å². The minimum absolute atomic E-state index is 0.257. The lowest BCUT2D eigenvalue weighted by Crippen LogP contribution is -2.20. The van der Waals surface area contributed by atoms with Crippen LogP contribution in [0.4, 0.5) is 5.82 Å². The van der Waals surface area contributed by atoms with Crippen molar-refractivity contribution in [2.45, 2.75) is 18.9 Å². The SMILES string of the molecule is c1ccc(-c2cc(NCC3CCCO3)n3ncc(-c4ccccc4)c3n2)cc1. The lowest BCUT2D eigenvalue weighted by atomic mass is 10.1. The van der Waals surface area contributed by atoms with Crippen LogP contribution in [0.25, 0.3) is 28.0 Å². The first-order chi connectivity index (χ1) is 13.9. The van der Waals surface area contributed by atoms with E-state index < -0.39 is 0 Å². The Labute approximate surface area is 164 Å². The smallest absolute Gasteiger partial charge is 0.165 e. The van der Waals surface area contributed by atoms with Gasteiger partial charge in [-0.05, 0) is 18.4 Å². The predicted octanol–water partition coefficient (Wildman–Crippen LogP) is 4.65. The maximum atomic E-state index is 5.77. The summed E-state index contributed by atoms with van der Waals surface area (Å²) < 4.78 is 7.66. The first-order valence-electron chi connectivity index (χ1n) is 9.73. The van der Waals surface area contributed by atoms with Crippen molar-refractivity contribution in [3.8, 4) is 22.4 Å². The van der Waals surface area contributed by atoms with Gasteiger partial charge in [0.1, 0.15) is 5.82 Å². The van der Waals surface area contributed by atoms with Crippen LogP contribution in [0.15, 0.2) is 72.9 Å². The summed E-state index contributed by atoms with van der Waals surface area (Å²) >= 11 is 0. The van der Waals surface area contributed by atoms with E-state index in [4.69, 9.17) is 9.72 Å². The molecule has 1 aliphatic rings. The second kappa shape index (κ2) is 7.44. The van der Waals surface area contributed by atoms with Crippen LogP contribution in [0.1, 0.15) is 12.8 Å². The normalized spacial score (nSPS) is 16.5. The van der Waals surface area contributed by atoms with Crippen LogP contribution in [0, 0.1) is 0 Å². The van der Waals surface area contributed by atoms with Gasteiger partial charge in [0.05, 0.1) is 18.0 Å². The minimum atomic E-state index is 0.257. The van der Waals surface area contributed by atoms with E-state index in [0.717, 1.165) is 59.8 Å². The summed E-state index contributed by atoms with van der Waals surface area (Å²) in [6.45, 7) is 1.63. The standard InChI is InChI=1S/C23H22N4O/c1-3-8-17(9-4-1)20-16-25-27-22(24-15-19-12-7-13-28-19)14-21(26-23(20)27)18-10-5-2-6-11-18/h1-6,8-11,14,16,19,24H,7,12-13,15H2. The Morgan fingerprint density at radius 2 is 1.75 bits per heavy atom. The third-order valence-corrected chi connectivity index (χ3v) is 5.16. The van der Waals surface area contributed by atoms with Crippen LogP contribution in [-0.2, 0) is 4.74 Å². The van der Waals surface area contributed by atoms with Crippen LogP contribution >= 0.6 is 0 Å².